The van der Waals surface area contributed by atoms with Crippen LogP contribution in [0.25, 0.3) is 10.2 Å². The highest BCUT2D eigenvalue weighted by atomic mass is 32.1. The van der Waals surface area contributed by atoms with Gasteiger partial charge >= 0.3 is 0 Å². The number of fused-ring (bicyclic) bond motifs is 1. The quantitative estimate of drug-likeness (QED) is 0.928. The van der Waals surface area contributed by atoms with E-state index in [-0.39, 0.29) is 5.91 Å². The van der Waals surface area contributed by atoms with Crippen LogP contribution in [0, 0.1) is 6.92 Å². The van der Waals surface area contributed by atoms with E-state index < -0.39 is 0 Å². The van der Waals surface area contributed by atoms with E-state index in [0.29, 0.717) is 0 Å². The van der Waals surface area contributed by atoms with Crippen molar-refractivity contribution in [1.82, 2.24) is 14.9 Å². The first-order valence-electron chi connectivity index (χ1n) is 8.49. The molecule has 0 aliphatic carbocycles. The average Bonchev–Trinajstić information content (AvgIpc) is 2.85. The minimum absolute atomic E-state index is 0.162. The molecular weight excluding hydrogens is 308 g/mol. The predicted molar refractivity (Wildman–Crippen MR) is 95.3 cm³/mol. The second-order valence-electron chi connectivity index (χ2n) is 6.05. The Morgan fingerprint density at radius 3 is 2.61 bits per heavy atom. The molecule has 0 aromatic carbocycles. The predicted octanol–water partition coefficient (Wildman–Crippen LogP) is 3.84. The Morgan fingerprint density at radius 2 is 1.91 bits per heavy atom. The molecule has 0 unspecified atom stereocenters. The third-order valence-corrected chi connectivity index (χ3v) is 5.60. The van der Waals surface area contributed by atoms with E-state index in [2.05, 4.69) is 15.3 Å². The van der Waals surface area contributed by atoms with Gasteiger partial charge in [0.2, 0.25) is 0 Å². The number of carbonyl (C=O) groups is 1. The number of aromatic nitrogens is 2. The molecule has 0 spiro atoms. The number of hydrogen-bond acceptors (Lipinski definition) is 5. The molecule has 124 valence electrons. The second kappa shape index (κ2) is 7.25. The molecule has 6 heteroatoms. The molecule has 1 amide bonds. The molecule has 1 saturated heterocycles. The highest BCUT2D eigenvalue weighted by Gasteiger charge is 2.23. The van der Waals surface area contributed by atoms with E-state index in [1.807, 2.05) is 18.7 Å². The SMILES string of the molecule is CCNc1ncnc2sc(C(=O)N3CCCCCCC3)c(C)c12. The Hall–Kier alpha value is -1.69. The van der Waals surface area contributed by atoms with Crippen LogP contribution in [0.4, 0.5) is 5.82 Å². The Balaban J connectivity index is 1.94. The molecule has 1 aliphatic heterocycles. The van der Waals surface area contributed by atoms with E-state index in [0.717, 1.165) is 59.0 Å². The summed E-state index contributed by atoms with van der Waals surface area (Å²) in [6, 6.07) is 0. The molecule has 1 fully saturated rings. The number of rotatable bonds is 3. The molecule has 23 heavy (non-hydrogen) atoms. The molecule has 2 aromatic heterocycles. The molecule has 3 heterocycles. The van der Waals surface area contributed by atoms with Crippen molar-refractivity contribution >= 4 is 33.3 Å². The molecule has 5 nitrogen and oxygen atoms in total. The molecule has 1 aliphatic rings. The van der Waals surface area contributed by atoms with Gasteiger partial charge in [0, 0.05) is 19.6 Å². The molecule has 0 atom stereocenters. The summed E-state index contributed by atoms with van der Waals surface area (Å²) in [7, 11) is 0. The highest BCUT2D eigenvalue weighted by molar-refractivity contribution is 7.20. The van der Waals surface area contributed by atoms with Crippen LogP contribution in [0.1, 0.15) is 54.3 Å². The minimum atomic E-state index is 0.162. The molecule has 3 rings (SSSR count). The number of aryl methyl sites for hydroxylation is 1. The molecule has 1 N–H and O–H groups in total. The number of anilines is 1. The highest BCUT2D eigenvalue weighted by Crippen LogP contribution is 2.34. The van der Waals surface area contributed by atoms with Gasteiger partial charge in [-0.15, -0.1) is 11.3 Å². The number of nitrogens with one attached hydrogen (secondary N) is 1. The smallest absolute Gasteiger partial charge is 0.264 e. The van der Waals surface area contributed by atoms with Crippen LogP contribution in [-0.4, -0.2) is 40.4 Å². The number of likely N-dealkylation sites (tertiary alicyclic amines) is 1. The van der Waals surface area contributed by atoms with Gasteiger partial charge in [-0.2, -0.15) is 0 Å². The first-order valence-corrected chi connectivity index (χ1v) is 9.31. The van der Waals surface area contributed by atoms with Gasteiger partial charge in [0.05, 0.1) is 10.3 Å². The maximum Gasteiger partial charge on any atom is 0.264 e. The Morgan fingerprint density at radius 1 is 1.22 bits per heavy atom. The minimum Gasteiger partial charge on any atom is -0.370 e. The summed E-state index contributed by atoms with van der Waals surface area (Å²) in [6.45, 7) is 6.61. The summed E-state index contributed by atoms with van der Waals surface area (Å²) in [5.74, 6) is 0.993. The van der Waals surface area contributed by atoms with Crippen molar-refractivity contribution < 1.29 is 4.79 Å². The molecule has 0 radical (unpaired) electrons. The lowest BCUT2D eigenvalue weighted by Crippen LogP contribution is -2.33. The fraction of sp³-hybridized carbons (Fsp3) is 0.588. The maximum atomic E-state index is 13.0. The van der Waals surface area contributed by atoms with Crippen molar-refractivity contribution in [1.29, 1.82) is 0 Å². The third-order valence-electron chi connectivity index (χ3n) is 4.41. The van der Waals surface area contributed by atoms with Crippen LogP contribution in [0.5, 0.6) is 0 Å². The lowest BCUT2D eigenvalue weighted by Gasteiger charge is -2.24. The first kappa shape index (κ1) is 16.2. The zero-order valence-corrected chi connectivity index (χ0v) is 14.7. The number of thiophene rings is 1. The molecule has 2 aromatic rings. The van der Waals surface area contributed by atoms with Gasteiger partial charge in [-0.05, 0) is 32.3 Å². The van der Waals surface area contributed by atoms with Crippen LogP contribution in [0.3, 0.4) is 0 Å². The van der Waals surface area contributed by atoms with Crippen molar-refractivity contribution in [2.24, 2.45) is 0 Å². The Kier molecular flexibility index (Phi) is 5.10. The van der Waals surface area contributed by atoms with E-state index >= 15 is 0 Å². The van der Waals surface area contributed by atoms with Crippen LogP contribution in [0.15, 0.2) is 6.33 Å². The summed E-state index contributed by atoms with van der Waals surface area (Å²) in [6.07, 6.45) is 7.54. The Bertz CT molecular complexity index is 689. The van der Waals surface area contributed by atoms with Gasteiger partial charge in [0.15, 0.2) is 0 Å². The Labute approximate surface area is 141 Å². The number of hydrogen-bond donors (Lipinski definition) is 1. The van der Waals surface area contributed by atoms with E-state index in [1.165, 1.54) is 30.6 Å². The van der Waals surface area contributed by atoms with Crippen LogP contribution >= 0.6 is 11.3 Å². The fourth-order valence-electron chi connectivity index (χ4n) is 3.17. The van der Waals surface area contributed by atoms with Gasteiger partial charge in [0.25, 0.3) is 5.91 Å². The number of nitrogens with zero attached hydrogens (tertiary/aromatic N) is 3. The van der Waals surface area contributed by atoms with Gasteiger partial charge in [0.1, 0.15) is 17.0 Å². The first-order chi connectivity index (χ1) is 11.2. The van der Waals surface area contributed by atoms with Crippen LogP contribution in [-0.2, 0) is 0 Å². The number of carbonyl (C=O) groups excluding carboxylic acids is 1. The van der Waals surface area contributed by atoms with Crippen molar-refractivity contribution in [2.75, 3.05) is 25.0 Å². The van der Waals surface area contributed by atoms with Crippen molar-refractivity contribution in [3.8, 4) is 0 Å². The summed E-state index contributed by atoms with van der Waals surface area (Å²) in [5.41, 5.74) is 1.01. The molecular formula is C17H24N4OS. The largest absolute Gasteiger partial charge is 0.370 e. The van der Waals surface area contributed by atoms with Gasteiger partial charge in [-0.3, -0.25) is 4.79 Å². The monoisotopic (exact) mass is 332 g/mol. The molecule has 0 bridgehead atoms. The van der Waals surface area contributed by atoms with Crippen molar-refractivity contribution in [3.05, 3.63) is 16.8 Å². The van der Waals surface area contributed by atoms with E-state index in [9.17, 15) is 4.79 Å². The molecule has 0 saturated carbocycles. The standard InChI is InChI=1S/C17H24N4OS/c1-3-18-15-13-12(2)14(23-16(13)20-11-19-15)17(22)21-9-7-5-4-6-8-10-21/h11H,3-10H2,1-2H3,(H,18,19,20). The number of amides is 1. The summed E-state index contributed by atoms with van der Waals surface area (Å²) in [4.78, 5) is 25.4. The average molecular weight is 332 g/mol. The van der Waals surface area contributed by atoms with E-state index in [1.54, 1.807) is 6.33 Å². The van der Waals surface area contributed by atoms with Crippen LogP contribution in [0.2, 0.25) is 0 Å². The van der Waals surface area contributed by atoms with Crippen LogP contribution < -0.4 is 5.32 Å². The topological polar surface area (TPSA) is 58.1 Å². The van der Waals surface area contributed by atoms with Gasteiger partial charge in [-0.1, -0.05) is 19.3 Å². The van der Waals surface area contributed by atoms with Gasteiger partial charge < -0.3 is 10.2 Å². The van der Waals surface area contributed by atoms with Crippen molar-refractivity contribution in [3.63, 3.8) is 0 Å². The third kappa shape index (κ3) is 3.32. The summed E-state index contributed by atoms with van der Waals surface area (Å²) < 4.78 is 0. The summed E-state index contributed by atoms with van der Waals surface area (Å²) >= 11 is 1.50. The van der Waals surface area contributed by atoms with Crippen molar-refractivity contribution in [2.45, 2.75) is 46.0 Å². The second-order valence-corrected chi connectivity index (χ2v) is 7.05. The van der Waals surface area contributed by atoms with Gasteiger partial charge in [-0.25, -0.2) is 9.97 Å². The zero-order chi connectivity index (χ0) is 16.2. The normalized spacial score (nSPS) is 16.2. The lowest BCUT2D eigenvalue weighted by molar-refractivity contribution is 0.0747. The lowest BCUT2D eigenvalue weighted by atomic mass is 10.1. The summed E-state index contributed by atoms with van der Waals surface area (Å²) in [5, 5.41) is 4.27. The zero-order valence-electron chi connectivity index (χ0n) is 13.9. The fourth-order valence-corrected chi connectivity index (χ4v) is 4.29. The van der Waals surface area contributed by atoms with E-state index in [4.69, 9.17) is 0 Å². The maximum absolute atomic E-state index is 13.0.